The highest BCUT2D eigenvalue weighted by atomic mass is 32.2. The largest absolute Gasteiger partial charge is 0.382 e. The van der Waals surface area contributed by atoms with Crippen LogP contribution in [0.25, 0.3) is 5.69 Å². The quantitative estimate of drug-likeness (QED) is 0.831. The standard InChI is InChI=1S/C10H11FN4O2S/c1-6-5-15(14-10(6)12)9-3-2-7(4-8(9)11)18(13,16)17/h2-5H,1H3,(H2,12,14)(H2,13,16,17). The number of nitrogens with two attached hydrogens (primary N) is 2. The molecule has 0 atom stereocenters. The Labute approximate surface area is 103 Å². The third kappa shape index (κ3) is 2.20. The van der Waals surface area contributed by atoms with E-state index in [1.807, 2.05) is 0 Å². The van der Waals surface area contributed by atoms with Crippen molar-refractivity contribution < 1.29 is 12.8 Å². The molecule has 0 unspecified atom stereocenters. The molecule has 1 heterocycles. The van der Waals surface area contributed by atoms with Crippen LogP contribution in [0.15, 0.2) is 29.3 Å². The number of nitrogen functional groups attached to an aromatic ring is 1. The zero-order valence-corrected chi connectivity index (χ0v) is 10.3. The van der Waals surface area contributed by atoms with E-state index in [9.17, 15) is 12.8 Å². The Balaban J connectivity index is 2.54. The van der Waals surface area contributed by atoms with Gasteiger partial charge in [-0.3, -0.25) is 0 Å². The van der Waals surface area contributed by atoms with Gasteiger partial charge in [-0.15, -0.1) is 0 Å². The van der Waals surface area contributed by atoms with Gasteiger partial charge in [0.25, 0.3) is 0 Å². The zero-order chi connectivity index (χ0) is 13.5. The Hall–Kier alpha value is -1.93. The number of hydrogen-bond acceptors (Lipinski definition) is 4. The predicted molar refractivity (Wildman–Crippen MR) is 64.0 cm³/mol. The number of nitrogens with zero attached hydrogens (tertiary/aromatic N) is 2. The highest BCUT2D eigenvalue weighted by Gasteiger charge is 2.13. The van der Waals surface area contributed by atoms with Gasteiger partial charge in [0.2, 0.25) is 10.0 Å². The summed E-state index contributed by atoms with van der Waals surface area (Å²) < 4.78 is 37.1. The maximum absolute atomic E-state index is 13.8. The molecular formula is C10H11FN4O2S. The fourth-order valence-electron chi connectivity index (χ4n) is 1.45. The molecule has 0 amide bonds. The molecule has 2 rings (SSSR count). The van der Waals surface area contributed by atoms with Crippen LogP contribution in [0, 0.1) is 12.7 Å². The molecule has 4 N–H and O–H groups in total. The van der Waals surface area contributed by atoms with Gasteiger partial charge in [-0.25, -0.2) is 22.6 Å². The maximum Gasteiger partial charge on any atom is 0.238 e. The van der Waals surface area contributed by atoms with E-state index < -0.39 is 15.8 Å². The molecule has 1 aromatic carbocycles. The van der Waals surface area contributed by atoms with Crippen molar-refractivity contribution in [1.29, 1.82) is 0 Å². The predicted octanol–water partition coefficient (Wildman–Crippen LogP) is 0.549. The van der Waals surface area contributed by atoms with Crippen LogP contribution in [0.3, 0.4) is 0 Å². The molecule has 0 saturated carbocycles. The molecule has 6 nitrogen and oxygen atoms in total. The van der Waals surface area contributed by atoms with E-state index in [4.69, 9.17) is 10.9 Å². The Morgan fingerprint density at radius 2 is 2.06 bits per heavy atom. The summed E-state index contributed by atoms with van der Waals surface area (Å²) >= 11 is 0. The molecule has 8 heteroatoms. The fourth-order valence-corrected chi connectivity index (χ4v) is 1.97. The maximum atomic E-state index is 13.8. The summed E-state index contributed by atoms with van der Waals surface area (Å²) in [5, 5.41) is 8.81. The van der Waals surface area contributed by atoms with Crippen LogP contribution in [-0.4, -0.2) is 18.2 Å². The van der Waals surface area contributed by atoms with Gasteiger partial charge >= 0.3 is 0 Å². The van der Waals surface area contributed by atoms with Crippen molar-refractivity contribution in [3.05, 3.63) is 35.8 Å². The van der Waals surface area contributed by atoms with Crippen molar-refractivity contribution in [3.8, 4) is 5.69 Å². The second kappa shape index (κ2) is 4.07. The first-order chi connectivity index (χ1) is 8.29. The van der Waals surface area contributed by atoms with E-state index in [-0.39, 0.29) is 16.4 Å². The van der Waals surface area contributed by atoms with Gasteiger partial charge in [-0.1, -0.05) is 0 Å². The Bertz CT molecular complexity index is 689. The number of halogens is 1. The molecule has 18 heavy (non-hydrogen) atoms. The molecule has 0 spiro atoms. The van der Waals surface area contributed by atoms with E-state index in [2.05, 4.69) is 5.10 Å². The Kier molecular flexibility index (Phi) is 2.83. The zero-order valence-electron chi connectivity index (χ0n) is 9.46. The average Bonchev–Trinajstić information content (AvgIpc) is 2.57. The van der Waals surface area contributed by atoms with Crippen LogP contribution in [0.5, 0.6) is 0 Å². The van der Waals surface area contributed by atoms with E-state index >= 15 is 0 Å². The van der Waals surface area contributed by atoms with Gasteiger partial charge < -0.3 is 5.73 Å². The lowest BCUT2D eigenvalue weighted by Gasteiger charge is -2.04. The number of rotatable bonds is 2. The van der Waals surface area contributed by atoms with Crippen LogP contribution in [0.4, 0.5) is 10.2 Å². The number of aryl methyl sites for hydroxylation is 1. The van der Waals surface area contributed by atoms with Crippen LogP contribution in [-0.2, 0) is 10.0 Å². The number of benzene rings is 1. The molecule has 2 aromatic rings. The molecule has 0 radical (unpaired) electrons. The third-order valence-electron chi connectivity index (χ3n) is 2.43. The summed E-state index contributed by atoms with van der Waals surface area (Å²) in [6.07, 6.45) is 1.55. The normalized spacial score (nSPS) is 11.7. The highest BCUT2D eigenvalue weighted by molar-refractivity contribution is 7.89. The summed E-state index contributed by atoms with van der Waals surface area (Å²) in [5.74, 6) is -0.464. The lowest BCUT2D eigenvalue weighted by Crippen LogP contribution is -2.13. The molecule has 0 aliphatic rings. The second-order valence-electron chi connectivity index (χ2n) is 3.80. The van der Waals surface area contributed by atoms with Gasteiger partial charge in [0, 0.05) is 11.8 Å². The van der Waals surface area contributed by atoms with Gasteiger partial charge in [-0.2, -0.15) is 5.10 Å². The molecule has 0 aliphatic heterocycles. The van der Waals surface area contributed by atoms with Crippen molar-refractivity contribution in [2.75, 3.05) is 5.73 Å². The fraction of sp³-hybridized carbons (Fsp3) is 0.100. The minimum absolute atomic E-state index is 0.0993. The number of hydrogen-bond donors (Lipinski definition) is 2. The first kappa shape index (κ1) is 12.5. The minimum Gasteiger partial charge on any atom is -0.382 e. The number of anilines is 1. The summed E-state index contributed by atoms with van der Waals surface area (Å²) in [4.78, 5) is -0.291. The monoisotopic (exact) mass is 270 g/mol. The molecule has 0 fully saturated rings. The first-order valence-electron chi connectivity index (χ1n) is 4.93. The van der Waals surface area contributed by atoms with E-state index in [1.165, 1.54) is 16.8 Å². The van der Waals surface area contributed by atoms with Crippen molar-refractivity contribution in [2.45, 2.75) is 11.8 Å². The summed E-state index contributed by atoms with van der Waals surface area (Å²) in [5.41, 5.74) is 6.36. The number of sulfonamides is 1. The topological polar surface area (TPSA) is 104 Å². The molecule has 0 bridgehead atoms. The smallest absolute Gasteiger partial charge is 0.238 e. The molecular weight excluding hydrogens is 259 g/mol. The summed E-state index contributed by atoms with van der Waals surface area (Å²) in [6.45, 7) is 1.73. The second-order valence-corrected chi connectivity index (χ2v) is 5.36. The molecule has 1 aromatic heterocycles. The van der Waals surface area contributed by atoms with E-state index in [1.54, 1.807) is 13.1 Å². The Morgan fingerprint density at radius 3 is 2.50 bits per heavy atom. The number of primary sulfonamides is 1. The lowest BCUT2D eigenvalue weighted by atomic mass is 10.3. The van der Waals surface area contributed by atoms with Crippen LogP contribution >= 0.6 is 0 Å². The molecule has 0 aliphatic carbocycles. The van der Waals surface area contributed by atoms with Crippen molar-refractivity contribution in [1.82, 2.24) is 9.78 Å². The Morgan fingerprint density at radius 1 is 1.39 bits per heavy atom. The van der Waals surface area contributed by atoms with Crippen LogP contribution in [0.2, 0.25) is 0 Å². The van der Waals surface area contributed by atoms with Gasteiger partial charge in [0.05, 0.1) is 4.90 Å². The van der Waals surface area contributed by atoms with Gasteiger partial charge in [0.15, 0.2) is 0 Å². The molecule has 96 valence electrons. The minimum atomic E-state index is -3.92. The SMILES string of the molecule is Cc1cn(-c2ccc(S(N)(=O)=O)cc2F)nc1N. The third-order valence-corrected chi connectivity index (χ3v) is 3.34. The highest BCUT2D eigenvalue weighted by Crippen LogP contribution is 2.19. The number of aromatic nitrogens is 2. The van der Waals surface area contributed by atoms with Gasteiger partial charge in [0.1, 0.15) is 17.3 Å². The van der Waals surface area contributed by atoms with Crippen LogP contribution < -0.4 is 10.9 Å². The van der Waals surface area contributed by atoms with Crippen molar-refractivity contribution in [2.24, 2.45) is 5.14 Å². The average molecular weight is 270 g/mol. The van der Waals surface area contributed by atoms with E-state index in [0.717, 1.165) is 6.07 Å². The van der Waals surface area contributed by atoms with Crippen molar-refractivity contribution >= 4 is 15.8 Å². The van der Waals surface area contributed by atoms with Gasteiger partial charge in [-0.05, 0) is 25.1 Å². The first-order valence-corrected chi connectivity index (χ1v) is 6.48. The van der Waals surface area contributed by atoms with E-state index in [0.29, 0.717) is 5.56 Å². The summed E-state index contributed by atoms with van der Waals surface area (Å²) in [6, 6.07) is 3.33. The summed E-state index contributed by atoms with van der Waals surface area (Å²) in [7, 11) is -3.92. The van der Waals surface area contributed by atoms with Crippen LogP contribution in [0.1, 0.15) is 5.56 Å². The lowest BCUT2D eigenvalue weighted by molar-refractivity contribution is 0.588. The van der Waals surface area contributed by atoms with Crippen molar-refractivity contribution in [3.63, 3.8) is 0 Å². The molecule has 0 saturated heterocycles.